The summed E-state index contributed by atoms with van der Waals surface area (Å²) in [6.45, 7) is 5.84. The van der Waals surface area contributed by atoms with Crippen molar-refractivity contribution in [2.45, 2.75) is 63.6 Å². The number of amides is 1. The number of aromatic carboxylic acids is 1. The number of nitrogens with zero attached hydrogens (tertiary/aromatic N) is 2. The van der Waals surface area contributed by atoms with Gasteiger partial charge in [0.15, 0.2) is 5.82 Å². The molecule has 0 bridgehead atoms. The minimum atomic E-state index is -1.43. The number of alkyl carbamates (subject to hydrolysis) is 1. The molecule has 2 aromatic rings. The van der Waals surface area contributed by atoms with Crippen molar-refractivity contribution in [2.24, 2.45) is 5.92 Å². The number of carboxylic acid groups (broad SMARTS) is 1. The van der Waals surface area contributed by atoms with Gasteiger partial charge in [0.2, 0.25) is 5.43 Å². The molecule has 2 N–H and O–H groups in total. The molecule has 10 heteroatoms. The van der Waals surface area contributed by atoms with Crippen molar-refractivity contribution < 1.29 is 28.2 Å². The van der Waals surface area contributed by atoms with Crippen LogP contribution in [0.15, 0.2) is 17.1 Å². The quantitative estimate of drug-likeness (QED) is 0.698. The van der Waals surface area contributed by atoms with Gasteiger partial charge in [0.1, 0.15) is 22.7 Å². The van der Waals surface area contributed by atoms with Gasteiger partial charge in [-0.05, 0) is 52.5 Å². The van der Waals surface area contributed by atoms with Crippen molar-refractivity contribution in [2.75, 3.05) is 18.0 Å². The van der Waals surface area contributed by atoms with Crippen LogP contribution in [0.3, 0.4) is 0 Å². The highest BCUT2D eigenvalue weighted by atomic mass is 19.1. The first-order valence-corrected chi connectivity index (χ1v) is 11.5. The highest BCUT2D eigenvalue weighted by molar-refractivity contribution is 5.94. The zero-order chi connectivity index (χ0) is 24.6. The molecule has 3 fully saturated rings. The maximum atomic E-state index is 15.9. The molecule has 182 valence electrons. The topological polar surface area (TPSA) is 101 Å². The number of fused-ring (bicyclic) bond motifs is 2. The second kappa shape index (κ2) is 7.41. The molecule has 1 aromatic carbocycles. The normalized spacial score (nSPS) is 24.0. The van der Waals surface area contributed by atoms with Crippen molar-refractivity contribution in [3.05, 3.63) is 39.7 Å². The fourth-order valence-electron chi connectivity index (χ4n) is 5.24. The van der Waals surface area contributed by atoms with E-state index in [-0.39, 0.29) is 35.1 Å². The zero-order valence-electron chi connectivity index (χ0n) is 19.3. The van der Waals surface area contributed by atoms with Crippen molar-refractivity contribution in [3.63, 3.8) is 0 Å². The van der Waals surface area contributed by atoms with Crippen molar-refractivity contribution in [1.29, 1.82) is 0 Å². The molecule has 34 heavy (non-hydrogen) atoms. The lowest BCUT2D eigenvalue weighted by Gasteiger charge is -2.44. The van der Waals surface area contributed by atoms with Crippen LogP contribution in [0, 0.1) is 17.6 Å². The largest absolute Gasteiger partial charge is 0.477 e. The summed E-state index contributed by atoms with van der Waals surface area (Å²) in [5.41, 5.74) is -3.07. The van der Waals surface area contributed by atoms with Crippen LogP contribution in [0.4, 0.5) is 19.3 Å². The highest BCUT2D eigenvalue weighted by Crippen LogP contribution is 2.48. The summed E-state index contributed by atoms with van der Waals surface area (Å²) < 4.78 is 38.1. The minimum absolute atomic E-state index is 0.00882. The number of rotatable bonds is 4. The van der Waals surface area contributed by atoms with E-state index in [1.54, 1.807) is 25.7 Å². The van der Waals surface area contributed by atoms with Crippen LogP contribution in [0.5, 0.6) is 0 Å². The van der Waals surface area contributed by atoms with E-state index in [9.17, 15) is 19.5 Å². The number of hydrogen-bond acceptors (Lipinski definition) is 5. The zero-order valence-corrected chi connectivity index (χ0v) is 19.3. The lowest BCUT2D eigenvalue weighted by Crippen LogP contribution is -2.60. The molecule has 1 aliphatic heterocycles. The van der Waals surface area contributed by atoms with Crippen LogP contribution in [0.25, 0.3) is 10.9 Å². The van der Waals surface area contributed by atoms with Crippen LogP contribution < -0.4 is 15.6 Å². The summed E-state index contributed by atoms with van der Waals surface area (Å²) >= 11 is 0. The van der Waals surface area contributed by atoms with Gasteiger partial charge in [-0.3, -0.25) is 4.79 Å². The Hall–Kier alpha value is -3.17. The number of ether oxygens (including phenoxy) is 1. The van der Waals surface area contributed by atoms with E-state index in [4.69, 9.17) is 4.74 Å². The number of carboxylic acids is 1. The van der Waals surface area contributed by atoms with E-state index in [0.717, 1.165) is 31.5 Å². The standard InChI is InChI=1S/C24H27F2N3O5/c1-23(2,3)34-22(33)27-24-7-6-12(24)9-28(11-24)19-16(25)8-14-18(17(19)26)29(13-4-5-13)10-15(20(14)30)21(31)32/h8,10,12-13H,4-7,9,11H2,1-3H3,(H,27,33)(H,31,32). The van der Waals surface area contributed by atoms with Gasteiger partial charge in [0, 0.05) is 31.2 Å². The Bertz CT molecular complexity index is 1280. The summed E-state index contributed by atoms with van der Waals surface area (Å²) in [5.74, 6) is -3.24. The number of carbonyl (C=O) groups excluding carboxylic acids is 1. The Labute approximate surface area is 194 Å². The lowest BCUT2D eigenvalue weighted by atomic mass is 9.69. The van der Waals surface area contributed by atoms with E-state index in [1.807, 2.05) is 0 Å². The summed E-state index contributed by atoms with van der Waals surface area (Å²) in [6.07, 6.45) is 3.50. The molecule has 2 unspecified atom stereocenters. The third-order valence-corrected chi connectivity index (χ3v) is 7.05. The van der Waals surface area contributed by atoms with Crippen molar-refractivity contribution >= 4 is 28.7 Å². The lowest BCUT2D eigenvalue weighted by molar-refractivity contribution is 0.0335. The number of pyridine rings is 1. The predicted molar refractivity (Wildman–Crippen MR) is 120 cm³/mol. The molecular weight excluding hydrogens is 448 g/mol. The van der Waals surface area contributed by atoms with Gasteiger partial charge in [-0.2, -0.15) is 0 Å². The van der Waals surface area contributed by atoms with Crippen LogP contribution in [-0.2, 0) is 4.74 Å². The van der Waals surface area contributed by atoms with Crippen LogP contribution in [0.2, 0.25) is 0 Å². The summed E-state index contributed by atoms with van der Waals surface area (Å²) in [5, 5.41) is 12.0. The number of benzene rings is 1. The Morgan fingerprint density at radius 2 is 1.94 bits per heavy atom. The van der Waals surface area contributed by atoms with E-state index in [0.29, 0.717) is 13.0 Å². The molecule has 5 rings (SSSR count). The van der Waals surface area contributed by atoms with Gasteiger partial charge in [-0.1, -0.05) is 0 Å². The first-order chi connectivity index (χ1) is 15.9. The third kappa shape index (κ3) is 3.59. The second-order valence-corrected chi connectivity index (χ2v) is 10.6. The average Bonchev–Trinajstić information content (AvgIpc) is 3.51. The van der Waals surface area contributed by atoms with E-state index >= 15 is 8.78 Å². The van der Waals surface area contributed by atoms with Gasteiger partial charge in [0.05, 0.1) is 16.4 Å². The van der Waals surface area contributed by atoms with Crippen molar-refractivity contribution in [1.82, 2.24) is 9.88 Å². The van der Waals surface area contributed by atoms with Gasteiger partial charge >= 0.3 is 12.1 Å². The molecule has 1 amide bonds. The number of carbonyl (C=O) groups is 2. The van der Waals surface area contributed by atoms with E-state index < -0.39 is 45.8 Å². The maximum Gasteiger partial charge on any atom is 0.408 e. The molecule has 3 aliphatic rings. The maximum absolute atomic E-state index is 15.9. The average molecular weight is 475 g/mol. The van der Waals surface area contributed by atoms with Gasteiger partial charge in [-0.15, -0.1) is 0 Å². The first-order valence-electron chi connectivity index (χ1n) is 11.5. The summed E-state index contributed by atoms with van der Waals surface area (Å²) in [7, 11) is 0. The van der Waals surface area contributed by atoms with E-state index in [1.165, 1.54) is 4.57 Å². The van der Waals surface area contributed by atoms with Crippen molar-refractivity contribution in [3.8, 4) is 0 Å². The summed E-state index contributed by atoms with van der Waals surface area (Å²) in [6, 6.07) is 0.805. The van der Waals surface area contributed by atoms with E-state index in [2.05, 4.69) is 5.32 Å². The molecule has 8 nitrogen and oxygen atoms in total. The smallest absolute Gasteiger partial charge is 0.408 e. The highest BCUT2D eigenvalue weighted by Gasteiger charge is 2.55. The minimum Gasteiger partial charge on any atom is -0.477 e. The van der Waals surface area contributed by atoms with Gasteiger partial charge in [0.25, 0.3) is 0 Å². The molecule has 0 spiro atoms. The first kappa shape index (κ1) is 22.6. The Balaban J connectivity index is 1.55. The molecule has 2 heterocycles. The Morgan fingerprint density at radius 1 is 1.24 bits per heavy atom. The summed E-state index contributed by atoms with van der Waals surface area (Å²) in [4.78, 5) is 38.2. The molecule has 1 aromatic heterocycles. The van der Waals surface area contributed by atoms with Crippen LogP contribution in [-0.4, -0.2) is 46.0 Å². The van der Waals surface area contributed by atoms with Crippen LogP contribution >= 0.6 is 0 Å². The third-order valence-electron chi connectivity index (χ3n) is 7.05. The number of halogens is 2. The molecule has 2 aliphatic carbocycles. The fourth-order valence-corrected chi connectivity index (χ4v) is 5.24. The number of nitrogens with one attached hydrogen (secondary N) is 1. The number of hydrogen-bond donors (Lipinski definition) is 2. The Morgan fingerprint density at radius 3 is 2.50 bits per heavy atom. The molecule has 2 atom stereocenters. The second-order valence-electron chi connectivity index (χ2n) is 10.6. The fraction of sp³-hybridized carbons (Fsp3) is 0.542. The monoisotopic (exact) mass is 475 g/mol. The number of anilines is 1. The number of aromatic nitrogens is 1. The molecule has 2 saturated carbocycles. The molecule has 1 saturated heterocycles. The Kier molecular flexibility index (Phi) is 4.93. The van der Waals surface area contributed by atoms with Gasteiger partial charge < -0.3 is 24.6 Å². The molecular formula is C24H27F2N3O5. The van der Waals surface area contributed by atoms with Crippen LogP contribution in [0.1, 0.15) is 62.9 Å². The molecule has 0 radical (unpaired) electrons. The SMILES string of the molecule is CC(C)(C)OC(=O)NC12CCC1CN(c1c(F)cc3c(=O)c(C(=O)O)cn(C4CC4)c3c1F)C2. The predicted octanol–water partition coefficient (Wildman–Crippen LogP) is 3.81. The van der Waals surface area contributed by atoms with Gasteiger partial charge in [-0.25, -0.2) is 18.4 Å².